The Morgan fingerprint density at radius 1 is 1.40 bits per heavy atom. The number of nitrogens with one attached hydrogen (secondary N) is 1. The molecular weight excluding hydrogens is 316 g/mol. The van der Waals surface area contributed by atoms with E-state index >= 15 is 0 Å². The van der Waals surface area contributed by atoms with Crippen LogP contribution < -0.4 is 5.32 Å². The maximum atomic E-state index is 12.6. The molecule has 1 fully saturated rings. The van der Waals surface area contributed by atoms with Crippen molar-refractivity contribution >= 4 is 11.7 Å². The summed E-state index contributed by atoms with van der Waals surface area (Å²) in [6.07, 6.45) is 3.90. The Labute approximate surface area is 149 Å². The minimum atomic E-state index is 0.00787. The maximum absolute atomic E-state index is 12.6. The largest absolute Gasteiger partial charge is 0.310 e. The molecule has 136 valence electrons. The molecule has 2 aromatic rings. The highest BCUT2D eigenvalue weighted by Crippen LogP contribution is 2.35. The molecule has 0 spiro atoms. The number of likely N-dealkylation sites (tertiary alicyclic amines) is 1. The maximum Gasteiger partial charge on any atom is 0.239 e. The predicted molar refractivity (Wildman–Crippen MR) is 97.5 cm³/mol. The van der Waals surface area contributed by atoms with Gasteiger partial charge < -0.3 is 5.32 Å². The summed E-state index contributed by atoms with van der Waals surface area (Å²) in [5, 5.41) is 11.8. The number of carbonyl (C=O) groups excluding carboxylic acids is 1. The van der Waals surface area contributed by atoms with Gasteiger partial charge in [-0.25, -0.2) is 4.68 Å². The molecule has 7 nitrogen and oxygen atoms in total. The van der Waals surface area contributed by atoms with Crippen molar-refractivity contribution in [3.05, 3.63) is 29.2 Å². The van der Waals surface area contributed by atoms with E-state index in [1.165, 1.54) is 11.3 Å². The Morgan fingerprint density at radius 2 is 2.16 bits per heavy atom. The number of carbonyl (C=O) groups is 1. The van der Waals surface area contributed by atoms with Crippen molar-refractivity contribution in [1.82, 2.24) is 24.5 Å². The van der Waals surface area contributed by atoms with Crippen LogP contribution in [-0.4, -0.2) is 43.5 Å². The normalized spacial score (nSPS) is 18.2. The van der Waals surface area contributed by atoms with Gasteiger partial charge in [0.15, 0.2) is 0 Å². The van der Waals surface area contributed by atoms with Crippen molar-refractivity contribution in [1.29, 1.82) is 0 Å². The Bertz CT molecular complexity index is 760. The van der Waals surface area contributed by atoms with E-state index in [4.69, 9.17) is 0 Å². The number of aryl methyl sites for hydroxylation is 2. The van der Waals surface area contributed by atoms with Crippen molar-refractivity contribution in [2.24, 2.45) is 7.05 Å². The molecule has 3 rings (SSSR count). The molecule has 1 aliphatic heterocycles. The fraction of sp³-hybridized carbons (Fsp3) is 0.611. The van der Waals surface area contributed by atoms with Gasteiger partial charge >= 0.3 is 0 Å². The molecule has 1 N–H and O–H groups in total. The van der Waals surface area contributed by atoms with Crippen molar-refractivity contribution in [2.75, 3.05) is 18.4 Å². The molecule has 25 heavy (non-hydrogen) atoms. The number of hydrogen-bond acceptors (Lipinski definition) is 4. The van der Waals surface area contributed by atoms with E-state index in [-0.39, 0.29) is 18.0 Å². The Kier molecular flexibility index (Phi) is 4.94. The van der Waals surface area contributed by atoms with E-state index < -0.39 is 0 Å². The number of nitrogens with zero attached hydrogens (tertiary/aromatic N) is 5. The third kappa shape index (κ3) is 3.46. The molecule has 1 amide bonds. The molecule has 0 unspecified atom stereocenters. The zero-order valence-corrected chi connectivity index (χ0v) is 15.8. The van der Waals surface area contributed by atoms with Crippen LogP contribution in [0, 0.1) is 13.8 Å². The minimum absolute atomic E-state index is 0.00787. The average Bonchev–Trinajstić information content (AvgIpc) is 3.22. The number of anilines is 1. The standard InChI is InChI=1S/C18H28N6O/c1-12(2)24-16(8-9-19-24)20-17(25)11-23-10-6-7-15(23)18-13(3)21-22(5)14(18)4/h8-9,12,15H,6-7,10-11H2,1-5H3,(H,20,25)/t15-/m1/s1. The van der Waals surface area contributed by atoms with E-state index in [1.54, 1.807) is 6.20 Å². The molecule has 0 radical (unpaired) electrons. The number of hydrogen-bond donors (Lipinski definition) is 1. The van der Waals surface area contributed by atoms with Crippen LogP contribution in [0.4, 0.5) is 5.82 Å². The molecule has 2 aromatic heterocycles. The minimum Gasteiger partial charge on any atom is -0.310 e. The van der Waals surface area contributed by atoms with Crippen LogP contribution >= 0.6 is 0 Å². The molecular formula is C18H28N6O. The number of amides is 1. The summed E-state index contributed by atoms with van der Waals surface area (Å²) in [7, 11) is 1.98. The fourth-order valence-corrected chi connectivity index (χ4v) is 3.81. The second-order valence-electron chi connectivity index (χ2n) is 7.14. The molecule has 1 aliphatic rings. The summed E-state index contributed by atoms with van der Waals surface area (Å²) in [4.78, 5) is 14.8. The fourth-order valence-electron chi connectivity index (χ4n) is 3.81. The van der Waals surface area contributed by atoms with Gasteiger partial charge in [0, 0.05) is 36.5 Å². The molecule has 1 atom stereocenters. The van der Waals surface area contributed by atoms with Crippen molar-refractivity contribution in [3.63, 3.8) is 0 Å². The monoisotopic (exact) mass is 344 g/mol. The van der Waals surface area contributed by atoms with Crippen LogP contribution in [0.25, 0.3) is 0 Å². The molecule has 0 aromatic carbocycles. The lowest BCUT2D eigenvalue weighted by molar-refractivity contribution is -0.117. The summed E-state index contributed by atoms with van der Waals surface area (Å²) < 4.78 is 3.76. The zero-order valence-electron chi connectivity index (χ0n) is 15.8. The average molecular weight is 344 g/mol. The van der Waals surface area contributed by atoms with Crippen molar-refractivity contribution in [2.45, 2.75) is 52.6 Å². The molecule has 7 heteroatoms. The van der Waals surface area contributed by atoms with Crippen LogP contribution in [0.1, 0.15) is 55.7 Å². The lowest BCUT2D eigenvalue weighted by atomic mass is 10.0. The van der Waals surface area contributed by atoms with Gasteiger partial charge in [0.2, 0.25) is 5.91 Å². The predicted octanol–water partition coefficient (Wildman–Crippen LogP) is 2.59. The quantitative estimate of drug-likeness (QED) is 0.905. The second kappa shape index (κ2) is 7.00. The van der Waals surface area contributed by atoms with E-state index in [2.05, 4.69) is 34.3 Å². The SMILES string of the molecule is Cc1nn(C)c(C)c1[C@H]1CCCN1CC(=O)Nc1ccnn1C(C)C. The third-order valence-corrected chi connectivity index (χ3v) is 5.04. The smallest absolute Gasteiger partial charge is 0.239 e. The van der Waals surface area contributed by atoms with Gasteiger partial charge in [0.25, 0.3) is 0 Å². The highest BCUT2D eigenvalue weighted by atomic mass is 16.2. The Hall–Kier alpha value is -2.15. The molecule has 3 heterocycles. The van der Waals surface area contributed by atoms with Crippen molar-refractivity contribution in [3.8, 4) is 0 Å². The second-order valence-corrected chi connectivity index (χ2v) is 7.14. The van der Waals surface area contributed by atoms with Gasteiger partial charge in [-0.1, -0.05) is 0 Å². The van der Waals surface area contributed by atoms with Gasteiger partial charge in [0.05, 0.1) is 18.4 Å². The number of aromatic nitrogens is 4. The van der Waals surface area contributed by atoms with Crippen molar-refractivity contribution < 1.29 is 4.79 Å². The van der Waals surface area contributed by atoms with E-state index in [1.807, 2.05) is 36.3 Å². The number of rotatable bonds is 5. The molecule has 0 aliphatic carbocycles. The molecule has 1 saturated heterocycles. The summed E-state index contributed by atoms with van der Waals surface area (Å²) in [6, 6.07) is 2.33. The topological polar surface area (TPSA) is 68.0 Å². The first-order valence-electron chi connectivity index (χ1n) is 8.96. The highest BCUT2D eigenvalue weighted by Gasteiger charge is 2.31. The Morgan fingerprint density at radius 3 is 2.80 bits per heavy atom. The first-order valence-corrected chi connectivity index (χ1v) is 8.96. The lowest BCUT2D eigenvalue weighted by Gasteiger charge is -2.24. The molecule has 0 bridgehead atoms. The third-order valence-electron chi connectivity index (χ3n) is 5.04. The van der Waals surface area contributed by atoms with Gasteiger partial charge in [0.1, 0.15) is 5.82 Å². The van der Waals surface area contributed by atoms with Gasteiger partial charge in [-0.3, -0.25) is 14.4 Å². The van der Waals surface area contributed by atoms with Crippen LogP contribution in [0.2, 0.25) is 0 Å². The lowest BCUT2D eigenvalue weighted by Crippen LogP contribution is -2.33. The highest BCUT2D eigenvalue weighted by molar-refractivity contribution is 5.91. The summed E-state index contributed by atoms with van der Waals surface area (Å²) in [5.41, 5.74) is 3.53. The van der Waals surface area contributed by atoms with Crippen LogP contribution in [0.15, 0.2) is 12.3 Å². The van der Waals surface area contributed by atoms with Gasteiger partial charge in [-0.15, -0.1) is 0 Å². The van der Waals surface area contributed by atoms with Crippen LogP contribution in [-0.2, 0) is 11.8 Å². The Balaban J connectivity index is 1.71. The van der Waals surface area contributed by atoms with E-state index in [0.717, 1.165) is 30.9 Å². The first kappa shape index (κ1) is 17.7. The first-order chi connectivity index (χ1) is 11.9. The van der Waals surface area contributed by atoms with Crippen LogP contribution in [0.5, 0.6) is 0 Å². The summed E-state index contributed by atoms with van der Waals surface area (Å²) in [5.74, 6) is 0.762. The van der Waals surface area contributed by atoms with E-state index in [9.17, 15) is 4.79 Å². The van der Waals surface area contributed by atoms with Gasteiger partial charge in [-0.2, -0.15) is 10.2 Å². The molecule has 0 saturated carbocycles. The van der Waals surface area contributed by atoms with E-state index in [0.29, 0.717) is 6.54 Å². The zero-order chi connectivity index (χ0) is 18.1. The van der Waals surface area contributed by atoms with Gasteiger partial charge in [-0.05, 0) is 47.1 Å². The van der Waals surface area contributed by atoms with Crippen LogP contribution in [0.3, 0.4) is 0 Å². The summed E-state index contributed by atoms with van der Waals surface area (Å²) in [6.45, 7) is 9.59. The summed E-state index contributed by atoms with van der Waals surface area (Å²) >= 11 is 0.